The lowest BCUT2D eigenvalue weighted by molar-refractivity contribution is 0.295. The van der Waals surface area contributed by atoms with Crippen molar-refractivity contribution >= 4 is 27.7 Å². The molecule has 0 aromatic carbocycles. The number of rotatable bonds is 5. The highest BCUT2D eigenvalue weighted by Crippen LogP contribution is 2.30. The molecule has 1 atom stereocenters. The Labute approximate surface area is 90.0 Å². The Morgan fingerprint density at radius 2 is 1.92 bits per heavy atom. The molecule has 0 bridgehead atoms. The van der Waals surface area contributed by atoms with Crippen molar-refractivity contribution < 1.29 is 0 Å². The van der Waals surface area contributed by atoms with Crippen molar-refractivity contribution in [2.45, 2.75) is 34.1 Å². The monoisotopic (exact) mass is 252 g/mol. The number of hydrogen-bond acceptors (Lipinski definition) is 1. The van der Waals surface area contributed by atoms with Crippen LogP contribution in [0.3, 0.4) is 0 Å². The van der Waals surface area contributed by atoms with Gasteiger partial charge >= 0.3 is 0 Å². The van der Waals surface area contributed by atoms with Gasteiger partial charge in [-0.15, -0.1) is 0 Å². The van der Waals surface area contributed by atoms with Crippen LogP contribution in [0.4, 0.5) is 0 Å². The number of hydrogen-bond donors (Lipinski definition) is 0. The Morgan fingerprint density at radius 1 is 1.33 bits per heavy atom. The molecule has 2 heteroatoms. The quantitative estimate of drug-likeness (QED) is 0.523. The highest BCUT2D eigenvalue weighted by Gasteiger charge is 2.22. The molecule has 0 saturated carbocycles. The summed E-state index contributed by atoms with van der Waals surface area (Å²) in [6.07, 6.45) is 1.30. The largest absolute Gasteiger partial charge is 0.162 e. The van der Waals surface area contributed by atoms with E-state index in [4.69, 9.17) is 0 Å². The van der Waals surface area contributed by atoms with E-state index in [9.17, 15) is 0 Å². The topological polar surface area (TPSA) is 0 Å². The predicted octanol–water partition coefficient (Wildman–Crippen LogP) is 4.19. The molecule has 0 radical (unpaired) electrons. The summed E-state index contributed by atoms with van der Waals surface area (Å²) < 4.78 is 0. The smallest absolute Gasteiger partial charge is 0.00725 e. The Morgan fingerprint density at radius 3 is 2.25 bits per heavy atom. The third-order valence-electron chi connectivity index (χ3n) is 2.08. The number of thioether (sulfide) groups is 1. The van der Waals surface area contributed by atoms with Crippen LogP contribution in [0.1, 0.15) is 34.1 Å². The molecule has 1 unspecified atom stereocenters. The SMILES string of the molecule is CCCSCC(CBr)C(C)(C)C. The molecule has 0 fully saturated rings. The summed E-state index contributed by atoms with van der Waals surface area (Å²) >= 11 is 5.67. The molecule has 12 heavy (non-hydrogen) atoms. The molecule has 0 rings (SSSR count). The van der Waals surface area contributed by atoms with Gasteiger partial charge in [0.05, 0.1) is 0 Å². The van der Waals surface area contributed by atoms with Gasteiger partial charge in [-0.05, 0) is 29.3 Å². The van der Waals surface area contributed by atoms with Crippen molar-refractivity contribution in [1.29, 1.82) is 0 Å². The minimum absolute atomic E-state index is 0.449. The fourth-order valence-corrected chi connectivity index (χ4v) is 3.76. The second-order valence-corrected chi connectivity index (χ2v) is 6.09. The average Bonchev–Trinajstić information content (AvgIpc) is 1.95. The van der Waals surface area contributed by atoms with Gasteiger partial charge in [0.25, 0.3) is 0 Å². The first kappa shape index (κ1) is 12.8. The first-order valence-electron chi connectivity index (χ1n) is 4.66. The molecule has 0 N–H and O–H groups in total. The Hall–Kier alpha value is 0.830. The second-order valence-electron chi connectivity index (χ2n) is 4.29. The lowest BCUT2D eigenvalue weighted by Gasteiger charge is -2.28. The molecule has 0 amide bonds. The van der Waals surface area contributed by atoms with Gasteiger partial charge in [-0.2, -0.15) is 11.8 Å². The van der Waals surface area contributed by atoms with Gasteiger partial charge < -0.3 is 0 Å². The molecule has 0 aliphatic carbocycles. The lowest BCUT2D eigenvalue weighted by Crippen LogP contribution is -2.24. The molecule has 0 aliphatic rings. The predicted molar refractivity (Wildman–Crippen MR) is 64.4 cm³/mol. The Kier molecular flexibility index (Phi) is 6.75. The van der Waals surface area contributed by atoms with Crippen LogP contribution >= 0.6 is 27.7 Å². The van der Waals surface area contributed by atoms with Crippen molar-refractivity contribution in [2.75, 3.05) is 16.8 Å². The average molecular weight is 253 g/mol. The van der Waals surface area contributed by atoms with E-state index in [2.05, 4.69) is 55.4 Å². The van der Waals surface area contributed by atoms with E-state index in [1.807, 2.05) is 0 Å². The molecule has 0 spiro atoms. The van der Waals surface area contributed by atoms with Crippen LogP contribution in [-0.4, -0.2) is 16.8 Å². The molecular weight excluding hydrogens is 232 g/mol. The highest BCUT2D eigenvalue weighted by molar-refractivity contribution is 9.09. The maximum absolute atomic E-state index is 3.59. The van der Waals surface area contributed by atoms with Crippen molar-refractivity contribution in [3.8, 4) is 0 Å². The normalized spacial score (nSPS) is 14.8. The van der Waals surface area contributed by atoms with Crippen LogP contribution in [0.2, 0.25) is 0 Å². The van der Waals surface area contributed by atoms with Crippen LogP contribution in [0, 0.1) is 11.3 Å². The Bertz CT molecular complexity index is 107. The van der Waals surface area contributed by atoms with E-state index in [0.717, 1.165) is 11.2 Å². The van der Waals surface area contributed by atoms with Crippen LogP contribution < -0.4 is 0 Å². The van der Waals surface area contributed by atoms with E-state index in [0.29, 0.717) is 5.41 Å². The zero-order chi connectivity index (χ0) is 9.61. The summed E-state index contributed by atoms with van der Waals surface area (Å²) in [5.74, 6) is 3.40. The van der Waals surface area contributed by atoms with Crippen molar-refractivity contribution in [2.24, 2.45) is 11.3 Å². The fourth-order valence-electron chi connectivity index (χ4n) is 0.896. The summed E-state index contributed by atoms with van der Waals surface area (Å²) in [6.45, 7) is 9.22. The van der Waals surface area contributed by atoms with Gasteiger partial charge in [0.2, 0.25) is 0 Å². The van der Waals surface area contributed by atoms with Gasteiger partial charge in [-0.1, -0.05) is 43.6 Å². The summed E-state index contributed by atoms with van der Waals surface area (Å²) in [5.41, 5.74) is 0.449. The molecule has 0 saturated heterocycles. The van der Waals surface area contributed by atoms with E-state index in [1.54, 1.807) is 0 Å². The van der Waals surface area contributed by atoms with Crippen LogP contribution in [0.5, 0.6) is 0 Å². The first-order chi connectivity index (χ1) is 5.52. The Balaban J connectivity index is 3.68. The summed E-state index contributed by atoms with van der Waals surface area (Å²) in [5, 5.41) is 1.13. The van der Waals surface area contributed by atoms with E-state index < -0.39 is 0 Å². The summed E-state index contributed by atoms with van der Waals surface area (Å²) in [4.78, 5) is 0. The maximum Gasteiger partial charge on any atom is 0.00725 e. The molecular formula is C10H21BrS. The van der Waals surface area contributed by atoms with Gasteiger partial charge in [0.1, 0.15) is 0 Å². The molecule has 0 aromatic rings. The summed E-state index contributed by atoms with van der Waals surface area (Å²) in [7, 11) is 0. The zero-order valence-corrected chi connectivity index (χ0v) is 11.1. The second kappa shape index (κ2) is 6.31. The molecule has 0 aliphatic heterocycles. The third kappa shape index (κ3) is 5.47. The van der Waals surface area contributed by atoms with Crippen LogP contribution in [0.15, 0.2) is 0 Å². The zero-order valence-electron chi connectivity index (χ0n) is 8.69. The lowest BCUT2D eigenvalue weighted by atomic mass is 9.83. The van der Waals surface area contributed by atoms with E-state index in [1.165, 1.54) is 17.9 Å². The van der Waals surface area contributed by atoms with Gasteiger partial charge in [0.15, 0.2) is 0 Å². The molecule has 0 heterocycles. The fraction of sp³-hybridized carbons (Fsp3) is 1.00. The first-order valence-corrected chi connectivity index (χ1v) is 6.93. The highest BCUT2D eigenvalue weighted by atomic mass is 79.9. The number of halogens is 1. The minimum Gasteiger partial charge on any atom is -0.162 e. The summed E-state index contributed by atoms with van der Waals surface area (Å²) in [6, 6.07) is 0. The third-order valence-corrected chi connectivity index (χ3v) is 4.20. The van der Waals surface area contributed by atoms with E-state index >= 15 is 0 Å². The molecule has 0 nitrogen and oxygen atoms in total. The van der Waals surface area contributed by atoms with Gasteiger partial charge in [-0.25, -0.2) is 0 Å². The van der Waals surface area contributed by atoms with Crippen molar-refractivity contribution in [3.05, 3.63) is 0 Å². The standard InChI is InChI=1S/C10H21BrS/c1-5-6-12-8-9(7-11)10(2,3)4/h9H,5-8H2,1-4H3. The van der Waals surface area contributed by atoms with Crippen LogP contribution in [0.25, 0.3) is 0 Å². The van der Waals surface area contributed by atoms with Gasteiger partial charge in [-0.3, -0.25) is 0 Å². The molecule has 74 valence electrons. The van der Waals surface area contributed by atoms with Gasteiger partial charge in [0, 0.05) is 5.33 Å². The van der Waals surface area contributed by atoms with Crippen LogP contribution in [-0.2, 0) is 0 Å². The minimum atomic E-state index is 0.449. The van der Waals surface area contributed by atoms with Crippen molar-refractivity contribution in [1.82, 2.24) is 0 Å². The number of alkyl halides is 1. The maximum atomic E-state index is 3.59. The van der Waals surface area contributed by atoms with Crippen molar-refractivity contribution in [3.63, 3.8) is 0 Å². The van der Waals surface area contributed by atoms with E-state index in [-0.39, 0.29) is 0 Å². The molecule has 0 aromatic heterocycles.